The normalized spacial score (nSPS) is 20.8. The van der Waals surface area contributed by atoms with Crippen molar-refractivity contribution in [3.05, 3.63) is 11.6 Å². The van der Waals surface area contributed by atoms with Crippen LogP contribution < -0.4 is 5.32 Å². The predicted octanol–water partition coefficient (Wildman–Crippen LogP) is 0.838. The van der Waals surface area contributed by atoms with E-state index in [0.29, 0.717) is 18.5 Å². The number of ether oxygens (including phenoxy) is 1. The summed E-state index contributed by atoms with van der Waals surface area (Å²) in [6.07, 6.45) is 2.70. The number of methoxy groups -OCH3 is 1. The van der Waals surface area contributed by atoms with Gasteiger partial charge in [0.1, 0.15) is 0 Å². The molecule has 0 aliphatic carbocycles. The number of likely N-dealkylation sites (tertiary alicyclic amines) is 1. The number of amides is 1. The Labute approximate surface area is 107 Å². The Balaban J connectivity index is 2.38. The van der Waals surface area contributed by atoms with Gasteiger partial charge in [0.25, 0.3) is 0 Å². The molecule has 0 saturated carbocycles. The second-order valence-electron chi connectivity index (χ2n) is 4.27. The fourth-order valence-electron chi connectivity index (χ4n) is 1.96. The van der Waals surface area contributed by atoms with Crippen molar-refractivity contribution in [2.45, 2.75) is 25.8 Å². The van der Waals surface area contributed by atoms with Gasteiger partial charge in [-0.3, -0.25) is 4.90 Å². The zero-order chi connectivity index (χ0) is 13.5. The fourth-order valence-corrected chi connectivity index (χ4v) is 1.96. The van der Waals surface area contributed by atoms with Gasteiger partial charge in [0.05, 0.1) is 7.11 Å². The SMILES string of the molecule is CCC(=CCN1CCC(NC(=O)OC)C1)C(=O)O. The Kier molecular flexibility index (Phi) is 5.64. The number of alkyl carbamates (subject to hydrolysis) is 1. The molecular formula is C12H20N2O4. The monoisotopic (exact) mass is 256 g/mol. The molecule has 1 amide bonds. The molecule has 1 fully saturated rings. The molecule has 1 heterocycles. The summed E-state index contributed by atoms with van der Waals surface area (Å²) >= 11 is 0. The largest absolute Gasteiger partial charge is 0.478 e. The van der Waals surface area contributed by atoms with Crippen molar-refractivity contribution in [3.63, 3.8) is 0 Å². The minimum Gasteiger partial charge on any atom is -0.478 e. The van der Waals surface area contributed by atoms with Crippen LogP contribution in [0.1, 0.15) is 19.8 Å². The number of rotatable bonds is 5. The van der Waals surface area contributed by atoms with Crippen molar-refractivity contribution in [3.8, 4) is 0 Å². The summed E-state index contributed by atoms with van der Waals surface area (Å²) in [5.74, 6) is -0.860. The van der Waals surface area contributed by atoms with Crippen LogP contribution in [0.5, 0.6) is 0 Å². The van der Waals surface area contributed by atoms with Crippen LogP contribution in [0.15, 0.2) is 11.6 Å². The number of nitrogens with one attached hydrogen (secondary N) is 1. The molecule has 1 aliphatic heterocycles. The smallest absolute Gasteiger partial charge is 0.407 e. The quantitative estimate of drug-likeness (QED) is 0.712. The Morgan fingerprint density at radius 2 is 2.28 bits per heavy atom. The lowest BCUT2D eigenvalue weighted by atomic mass is 10.2. The molecule has 1 saturated heterocycles. The average molecular weight is 256 g/mol. The molecule has 1 atom stereocenters. The van der Waals surface area contributed by atoms with E-state index in [2.05, 4.69) is 15.0 Å². The first kappa shape index (κ1) is 14.5. The van der Waals surface area contributed by atoms with Crippen LogP contribution in [0.3, 0.4) is 0 Å². The molecule has 0 aromatic carbocycles. The van der Waals surface area contributed by atoms with Crippen molar-refractivity contribution in [1.29, 1.82) is 0 Å². The van der Waals surface area contributed by atoms with Gasteiger partial charge in [-0.1, -0.05) is 13.0 Å². The van der Waals surface area contributed by atoms with E-state index in [4.69, 9.17) is 5.11 Å². The van der Waals surface area contributed by atoms with E-state index in [-0.39, 0.29) is 6.04 Å². The summed E-state index contributed by atoms with van der Waals surface area (Å²) in [4.78, 5) is 24.0. The van der Waals surface area contributed by atoms with Crippen molar-refractivity contribution in [1.82, 2.24) is 10.2 Å². The Morgan fingerprint density at radius 1 is 1.56 bits per heavy atom. The van der Waals surface area contributed by atoms with Crippen LogP contribution in [-0.2, 0) is 9.53 Å². The highest BCUT2D eigenvalue weighted by atomic mass is 16.5. The molecule has 0 bridgehead atoms. The van der Waals surface area contributed by atoms with Gasteiger partial charge in [-0.05, 0) is 12.8 Å². The number of hydrogen-bond acceptors (Lipinski definition) is 4. The Hall–Kier alpha value is -1.56. The van der Waals surface area contributed by atoms with Crippen LogP contribution in [-0.4, -0.2) is 54.9 Å². The van der Waals surface area contributed by atoms with Gasteiger partial charge in [0, 0.05) is 31.2 Å². The maximum atomic E-state index is 11.0. The summed E-state index contributed by atoms with van der Waals surface area (Å²) in [6, 6.07) is 0.0840. The van der Waals surface area contributed by atoms with E-state index in [1.807, 2.05) is 6.92 Å². The molecule has 0 aromatic heterocycles. The molecule has 0 radical (unpaired) electrons. The standard InChI is InChI=1S/C12H20N2O4/c1-3-9(11(15)16)4-6-14-7-5-10(8-14)13-12(17)18-2/h4,10H,3,5-8H2,1-2H3,(H,13,17)(H,15,16). The highest BCUT2D eigenvalue weighted by molar-refractivity contribution is 5.86. The maximum Gasteiger partial charge on any atom is 0.407 e. The molecule has 6 nitrogen and oxygen atoms in total. The maximum absolute atomic E-state index is 11.0. The van der Waals surface area contributed by atoms with Crippen molar-refractivity contribution in [2.75, 3.05) is 26.7 Å². The van der Waals surface area contributed by atoms with Gasteiger partial charge in [0.2, 0.25) is 0 Å². The van der Waals surface area contributed by atoms with E-state index in [1.54, 1.807) is 6.08 Å². The Morgan fingerprint density at radius 3 is 2.83 bits per heavy atom. The van der Waals surface area contributed by atoms with Crippen LogP contribution in [0, 0.1) is 0 Å². The summed E-state index contributed by atoms with van der Waals surface area (Å²) in [5.41, 5.74) is 0.430. The van der Waals surface area contributed by atoms with Crippen molar-refractivity contribution in [2.24, 2.45) is 0 Å². The minimum atomic E-state index is -0.860. The van der Waals surface area contributed by atoms with Crippen LogP contribution in [0.4, 0.5) is 4.79 Å². The molecule has 1 unspecified atom stereocenters. The van der Waals surface area contributed by atoms with Crippen molar-refractivity contribution < 1.29 is 19.4 Å². The number of carbonyl (C=O) groups is 2. The van der Waals surface area contributed by atoms with E-state index >= 15 is 0 Å². The van der Waals surface area contributed by atoms with Crippen molar-refractivity contribution >= 4 is 12.1 Å². The van der Waals surface area contributed by atoms with E-state index in [1.165, 1.54) is 7.11 Å². The summed E-state index contributed by atoms with van der Waals surface area (Å²) < 4.78 is 4.54. The van der Waals surface area contributed by atoms with Gasteiger partial charge >= 0.3 is 12.1 Å². The highest BCUT2D eigenvalue weighted by Crippen LogP contribution is 2.10. The molecule has 0 spiro atoms. The molecule has 18 heavy (non-hydrogen) atoms. The number of hydrogen-bond donors (Lipinski definition) is 2. The lowest BCUT2D eigenvalue weighted by molar-refractivity contribution is -0.132. The lowest BCUT2D eigenvalue weighted by Crippen LogP contribution is -2.37. The second-order valence-corrected chi connectivity index (χ2v) is 4.27. The van der Waals surface area contributed by atoms with Gasteiger partial charge in [-0.2, -0.15) is 0 Å². The second kappa shape index (κ2) is 7.00. The number of nitrogens with zero attached hydrogens (tertiary/aromatic N) is 1. The first-order valence-electron chi connectivity index (χ1n) is 6.06. The average Bonchev–Trinajstić information content (AvgIpc) is 2.77. The fraction of sp³-hybridized carbons (Fsp3) is 0.667. The summed E-state index contributed by atoms with van der Waals surface area (Å²) in [5, 5.41) is 11.6. The van der Waals surface area contributed by atoms with Crippen LogP contribution >= 0.6 is 0 Å². The van der Waals surface area contributed by atoms with Gasteiger partial charge in [-0.15, -0.1) is 0 Å². The minimum absolute atomic E-state index is 0.0840. The summed E-state index contributed by atoms with van der Waals surface area (Å²) in [6.45, 7) is 4.00. The van der Waals surface area contributed by atoms with Gasteiger partial charge in [0.15, 0.2) is 0 Å². The third-order valence-corrected chi connectivity index (χ3v) is 3.03. The van der Waals surface area contributed by atoms with Crippen LogP contribution in [0.25, 0.3) is 0 Å². The zero-order valence-corrected chi connectivity index (χ0v) is 10.8. The van der Waals surface area contributed by atoms with E-state index in [0.717, 1.165) is 19.5 Å². The topological polar surface area (TPSA) is 78.9 Å². The van der Waals surface area contributed by atoms with Gasteiger partial charge < -0.3 is 15.2 Å². The highest BCUT2D eigenvalue weighted by Gasteiger charge is 2.23. The third-order valence-electron chi connectivity index (χ3n) is 3.03. The molecule has 0 aromatic rings. The van der Waals surface area contributed by atoms with E-state index in [9.17, 15) is 9.59 Å². The van der Waals surface area contributed by atoms with Crippen LogP contribution in [0.2, 0.25) is 0 Å². The van der Waals surface area contributed by atoms with Gasteiger partial charge in [-0.25, -0.2) is 9.59 Å². The third kappa shape index (κ3) is 4.37. The molecule has 2 N–H and O–H groups in total. The molecule has 1 aliphatic rings. The molecule has 102 valence electrons. The number of carbonyl (C=O) groups excluding carboxylic acids is 1. The first-order chi connectivity index (χ1) is 8.56. The molecule has 6 heteroatoms. The zero-order valence-electron chi connectivity index (χ0n) is 10.8. The number of carboxylic acids is 1. The Bertz CT molecular complexity index is 341. The first-order valence-corrected chi connectivity index (χ1v) is 6.06. The lowest BCUT2D eigenvalue weighted by Gasteiger charge is -2.14. The molecular weight excluding hydrogens is 236 g/mol. The van der Waals surface area contributed by atoms with E-state index < -0.39 is 12.1 Å². The number of aliphatic carboxylic acids is 1. The summed E-state index contributed by atoms with van der Waals surface area (Å²) in [7, 11) is 1.34. The predicted molar refractivity (Wildman–Crippen MR) is 66.4 cm³/mol. The molecule has 1 rings (SSSR count). The number of carboxylic acid groups (broad SMARTS) is 1.